The second-order valence-electron chi connectivity index (χ2n) is 13.5. The van der Waals surface area contributed by atoms with Crippen molar-refractivity contribution in [3.63, 3.8) is 0 Å². The van der Waals surface area contributed by atoms with E-state index in [4.69, 9.17) is 35.3 Å². The summed E-state index contributed by atoms with van der Waals surface area (Å²) in [5.41, 5.74) is 0.176. The topological polar surface area (TPSA) is 141 Å². The Morgan fingerprint density at radius 1 is 1.09 bits per heavy atom. The van der Waals surface area contributed by atoms with Gasteiger partial charge in [0.15, 0.2) is 11.6 Å². The summed E-state index contributed by atoms with van der Waals surface area (Å²) in [5, 5.41) is 32.4. The predicted molar refractivity (Wildman–Crippen MR) is 157 cm³/mol. The Morgan fingerprint density at radius 2 is 1.79 bits per heavy atom. The van der Waals surface area contributed by atoms with Gasteiger partial charge in [-0.05, 0) is 49.8 Å². The number of phenolic OH excluding ortho intramolecular Hbond substituents is 1. The standard InChI is InChI=1S/C32H47ClO10/c1-17(8-11-24(39-7)21-9-10-22(33)23(35)12-21)29-19(3)26-15-32(42-29)30(5,6)14-18(2)31(38,43-32)16-28(37)40-25(20(4)34)13-27(36)41-26/h9-10,12,17-20,24-26,29,34-35,38H,8,11,13-16H2,1-7H3/t17?,18-,19+,20?,24?,25-,26+,29-,31+,32+/m1/s1. The van der Waals surface area contributed by atoms with Crippen LogP contribution in [0.2, 0.25) is 5.02 Å². The molecule has 0 amide bonds. The molecule has 3 fully saturated rings. The van der Waals surface area contributed by atoms with Crippen molar-refractivity contribution in [3.8, 4) is 5.75 Å². The Balaban J connectivity index is 1.66. The first-order valence-electron chi connectivity index (χ1n) is 15.2. The third-order valence-electron chi connectivity index (χ3n) is 9.80. The number of halogens is 1. The van der Waals surface area contributed by atoms with Crippen LogP contribution in [0.25, 0.3) is 0 Å². The Kier molecular flexibility index (Phi) is 10.1. The number of hydrogen-bond donors (Lipinski definition) is 3. The SMILES string of the molecule is COC(CCC(C)[C@H]1O[C@@]23C[C@H](OC(=O)C[C@H](C(C)O)OC(=O)C[C@](O)(O2)[C@H](C)CC3(C)C)[C@@H]1C)c1ccc(Cl)c(O)c1. The number of aliphatic hydroxyl groups excluding tert-OH is 1. The molecule has 0 saturated carbocycles. The number of aromatic hydroxyl groups is 1. The third-order valence-corrected chi connectivity index (χ3v) is 10.1. The maximum absolute atomic E-state index is 13.2. The molecule has 0 radical (unpaired) electrons. The molecule has 11 heteroatoms. The van der Waals surface area contributed by atoms with Gasteiger partial charge in [0.2, 0.25) is 0 Å². The van der Waals surface area contributed by atoms with E-state index in [2.05, 4.69) is 6.92 Å². The van der Waals surface area contributed by atoms with E-state index in [1.54, 1.807) is 19.2 Å². The maximum Gasteiger partial charge on any atom is 0.311 e. The number of carbonyl (C=O) groups excluding carboxylic acids is 2. The first kappa shape index (κ1) is 33.9. The van der Waals surface area contributed by atoms with E-state index >= 15 is 0 Å². The van der Waals surface area contributed by atoms with Crippen LogP contribution in [0.5, 0.6) is 5.75 Å². The molecule has 10 nitrogen and oxygen atoms in total. The zero-order valence-electron chi connectivity index (χ0n) is 26.2. The molecule has 0 aromatic heterocycles. The van der Waals surface area contributed by atoms with Crippen LogP contribution in [0.15, 0.2) is 18.2 Å². The quantitative estimate of drug-likeness (QED) is 0.353. The number of methoxy groups -OCH3 is 1. The molecule has 1 spiro atoms. The predicted octanol–water partition coefficient (Wildman–Crippen LogP) is 5.04. The second-order valence-corrected chi connectivity index (χ2v) is 13.9. The van der Waals surface area contributed by atoms with Gasteiger partial charge in [0.1, 0.15) is 18.0 Å². The second kappa shape index (κ2) is 12.8. The molecule has 1 aromatic carbocycles. The molecule has 242 valence electrons. The number of carbonyl (C=O) groups is 2. The van der Waals surface area contributed by atoms with E-state index in [0.29, 0.717) is 19.3 Å². The van der Waals surface area contributed by atoms with Crippen molar-refractivity contribution in [1.82, 2.24) is 0 Å². The molecule has 3 aliphatic rings. The molecule has 3 unspecified atom stereocenters. The van der Waals surface area contributed by atoms with Crippen molar-refractivity contribution in [3.05, 3.63) is 28.8 Å². The summed E-state index contributed by atoms with van der Waals surface area (Å²) in [6, 6.07) is 5.05. The first-order valence-corrected chi connectivity index (χ1v) is 15.6. The Morgan fingerprint density at radius 3 is 2.42 bits per heavy atom. The van der Waals surface area contributed by atoms with Gasteiger partial charge in [0.25, 0.3) is 0 Å². The average Bonchev–Trinajstić information content (AvgIpc) is 2.90. The minimum atomic E-state index is -1.89. The van der Waals surface area contributed by atoms with Crippen LogP contribution in [0, 0.1) is 23.2 Å². The van der Waals surface area contributed by atoms with Crippen molar-refractivity contribution < 1.29 is 48.6 Å². The Labute approximate surface area is 258 Å². The van der Waals surface area contributed by atoms with Crippen molar-refractivity contribution in [2.24, 2.45) is 23.2 Å². The van der Waals surface area contributed by atoms with Crippen LogP contribution in [0.3, 0.4) is 0 Å². The van der Waals surface area contributed by atoms with Crippen molar-refractivity contribution in [2.75, 3.05) is 7.11 Å². The molecule has 4 rings (SSSR count). The highest BCUT2D eigenvalue weighted by molar-refractivity contribution is 6.32. The van der Waals surface area contributed by atoms with Gasteiger partial charge in [-0.2, -0.15) is 0 Å². The van der Waals surface area contributed by atoms with E-state index in [-0.39, 0.29) is 41.6 Å². The fraction of sp³-hybridized carbons (Fsp3) is 0.750. The van der Waals surface area contributed by atoms with E-state index < -0.39 is 65.7 Å². The number of hydrogen-bond acceptors (Lipinski definition) is 10. The monoisotopic (exact) mass is 626 g/mol. The van der Waals surface area contributed by atoms with Crippen molar-refractivity contribution in [1.29, 1.82) is 0 Å². The lowest BCUT2D eigenvalue weighted by Crippen LogP contribution is -2.68. The van der Waals surface area contributed by atoms with Gasteiger partial charge < -0.3 is 39.0 Å². The molecule has 0 aliphatic carbocycles. The molecular weight excluding hydrogens is 580 g/mol. The summed E-state index contributed by atoms with van der Waals surface area (Å²) in [7, 11) is 1.61. The van der Waals surface area contributed by atoms with Gasteiger partial charge >= 0.3 is 11.9 Å². The number of phenols is 1. The summed E-state index contributed by atoms with van der Waals surface area (Å²) < 4.78 is 30.6. The molecule has 3 heterocycles. The lowest BCUT2D eigenvalue weighted by Gasteiger charge is -2.61. The first-order chi connectivity index (χ1) is 20.0. The fourth-order valence-corrected chi connectivity index (χ4v) is 7.09. The summed E-state index contributed by atoms with van der Waals surface area (Å²) in [5.74, 6) is -5.40. The highest BCUT2D eigenvalue weighted by Crippen LogP contribution is 2.57. The smallest absolute Gasteiger partial charge is 0.311 e. The normalized spacial score (nSPS) is 36.7. The molecule has 3 bridgehead atoms. The van der Waals surface area contributed by atoms with Gasteiger partial charge in [0, 0.05) is 30.8 Å². The Hall–Kier alpha value is -1.95. The van der Waals surface area contributed by atoms with Gasteiger partial charge in [-0.15, -0.1) is 0 Å². The minimum Gasteiger partial charge on any atom is -0.506 e. The summed E-state index contributed by atoms with van der Waals surface area (Å²) in [6.07, 6.45) is -2.49. The van der Waals surface area contributed by atoms with Crippen LogP contribution < -0.4 is 0 Å². The lowest BCUT2D eigenvalue weighted by molar-refractivity contribution is -0.452. The largest absolute Gasteiger partial charge is 0.506 e. The van der Waals surface area contributed by atoms with Gasteiger partial charge in [-0.25, -0.2) is 0 Å². The molecule has 1 aromatic rings. The third kappa shape index (κ3) is 6.99. The number of benzene rings is 1. The van der Waals surface area contributed by atoms with Crippen LogP contribution in [0.4, 0.5) is 0 Å². The fourth-order valence-electron chi connectivity index (χ4n) is 6.98. The lowest BCUT2D eigenvalue weighted by atomic mass is 9.66. The number of cyclic esters (lactones) is 1. The highest BCUT2D eigenvalue weighted by atomic mass is 35.5. The van der Waals surface area contributed by atoms with E-state index in [0.717, 1.165) is 5.56 Å². The zero-order valence-corrected chi connectivity index (χ0v) is 26.9. The number of aliphatic hydroxyl groups is 2. The zero-order chi connectivity index (χ0) is 31.9. The molecule has 10 atom stereocenters. The van der Waals surface area contributed by atoms with Crippen molar-refractivity contribution >= 4 is 23.5 Å². The molecule has 3 N–H and O–H groups in total. The van der Waals surface area contributed by atoms with Crippen molar-refractivity contribution in [2.45, 2.75) is 122 Å². The molecule has 3 aliphatic heterocycles. The van der Waals surface area contributed by atoms with Crippen LogP contribution >= 0.6 is 11.6 Å². The summed E-state index contributed by atoms with van der Waals surface area (Å²) >= 11 is 6.00. The van der Waals surface area contributed by atoms with Crippen LogP contribution in [-0.2, 0) is 33.3 Å². The van der Waals surface area contributed by atoms with Gasteiger partial charge in [-0.1, -0.05) is 52.3 Å². The number of rotatable bonds is 7. The molecule has 43 heavy (non-hydrogen) atoms. The van der Waals surface area contributed by atoms with Crippen LogP contribution in [-0.4, -0.2) is 70.4 Å². The molecular formula is C32H47ClO10. The van der Waals surface area contributed by atoms with E-state index in [9.17, 15) is 24.9 Å². The molecule has 3 saturated heterocycles. The maximum atomic E-state index is 13.2. The van der Waals surface area contributed by atoms with E-state index in [1.807, 2.05) is 33.8 Å². The van der Waals surface area contributed by atoms with Gasteiger partial charge in [0.05, 0.1) is 36.2 Å². The highest BCUT2D eigenvalue weighted by Gasteiger charge is 2.64. The number of ether oxygens (including phenoxy) is 5. The number of fused-ring (bicyclic) bond motifs is 2. The summed E-state index contributed by atoms with van der Waals surface area (Å²) in [6.45, 7) is 11.3. The van der Waals surface area contributed by atoms with Crippen LogP contribution in [0.1, 0.15) is 91.7 Å². The average molecular weight is 627 g/mol. The van der Waals surface area contributed by atoms with Gasteiger partial charge in [-0.3, -0.25) is 9.59 Å². The Bertz CT molecular complexity index is 1170. The number of esters is 2. The minimum absolute atomic E-state index is 0.0154. The summed E-state index contributed by atoms with van der Waals surface area (Å²) in [4.78, 5) is 26.1. The van der Waals surface area contributed by atoms with E-state index in [1.165, 1.54) is 6.92 Å².